The van der Waals surface area contributed by atoms with Crippen LogP contribution >= 0.6 is 0 Å². The number of aromatic nitrogens is 4. The van der Waals surface area contributed by atoms with Gasteiger partial charge in [0.05, 0.1) is 25.0 Å². The Kier molecular flexibility index (Phi) is 4.78. The average molecular weight is 341 g/mol. The first-order chi connectivity index (χ1) is 12.1. The number of carboxylic acid groups (broad SMARTS) is 1. The Bertz CT molecular complexity index is 889. The molecule has 0 aliphatic carbocycles. The number of hydrogen-bond acceptors (Lipinski definition) is 6. The molecule has 3 aromatic rings. The molecule has 8 nitrogen and oxygen atoms in total. The van der Waals surface area contributed by atoms with Crippen molar-refractivity contribution < 1.29 is 14.6 Å². The van der Waals surface area contributed by atoms with Gasteiger partial charge < -0.3 is 20.1 Å². The minimum absolute atomic E-state index is 0.237. The van der Waals surface area contributed by atoms with Crippen LogP contribution in [0.2, 0.25) is 0 Å². The molecule has 0 fully saturated rings. The van der Waals surface area contributed by atoms with E-state index in [1.165, 1.54) is 0 Å². The van der Waals surface area contributed by atoms with Gasteiger partial charge in [-0.3, -0.25) is 0 Å². The number of fused-ring (bicyclic) bond motifs is 1. The van der Waals surface area contributed by atoms with Crippen LogP contribution in [-0.2, 0) is 6.54 Å². The summed E-state index contributed by atoms with van der Waals surface area (Å²) < 4.78 is 7.37. The monoisotopic (exact) mass is 341 g/mol. The van der Waals surface area contributed by atoms with Crippen molar-refractivity contribution >= 4 is 23.0 Å². The highest BCUT2D eigenvalue weighted by Crippen LogP contribution is 2.20. The summed E-state index contributed by atoms with van der Waals surface area (Å²) in [6, 6.07) is 6.90. The van der Waals surface area contributed by atoms with E-state index < -0.39 is 5.97 Å². The molecule has 2 heterocycles. The zero-order valence-electron chi connectivity index (χ0n) is 13.8. The second kappa shape index (κ2) is 7.16. The molecule has 3 N–H and O–H groups in total. The number of nitrogens with zero attached hydrogens (tertiary/aromatic N) is 4. The van der Waals surface area contributed by atoms with E-state index in [9.17, 15) is 4.79 Å². The first-order valence-corrected chi connectivity index (χ1v) is 8.02. The zero-order chi connectivity index (χ0) is 17.8. The van der Waals surface area contributed by atoms with Crippen molar-refractivity contribution in [1.82, 2.24) is 19.5 Å². The number of carbonyl (C=O) groups is 1. The van der Waals surface area contributed by atoms with Gasteiger partial charge in [-0.05, 0) is 24.1 Å². The first kappa shape index (κ1) is 16.7. The molecule has 0 aliphatic heterocycles. The molecule has 130 valence electrons. The van der Waals surface area contributed by atoms with Gasteiger partial charge in [0.1, 0.15) is 0 Å². The summed E-state index contributed by atoms with van der Waals surface area (Å²) in [5.41, 5.74) is 8.23. The molecule has 1 aromatic carbocycles. The van der Waals surface area contributed by atoms with Gasteiger partial charge in [-0.25, -0.2) is 9.78 Å². The van der Waals surface area contributed by atoms with Gasteiger partial charge in [0, 0.05) is 0 Å². The predicted molar refractivity (Wildman–Crippen MR) is 92.6 cm³/mol. The molecule has 0 aliphatic rings. The van der Waals surface area contributed by atoms with Crippen molar-refractivity contribution in [2.24, 2.45) is 0 Å². The predicted octanol–water partition coefficient (Wildman–Crippen LogP) is 2.33. The van der Waals surface area contributed by atoms with Crippen LogP contribution < -0.4 is 10.5 Å². The number of nitrogens with two attached hydrogens (primary N) is 1. The molecule has 0 radical (unpaired) electrons. The zero-order valence-corrected chi connectivity index (χ0v) is 13.8. The third kappa shape index (κ3) is 3.68. The van der Waals surface area contributed by atoms with Crippen molar-refractivity contribution in [3.8, 4) is 6.01 Å². The maximum absolute atomic E-state index is 10.9. The molecule has 25 heavy (non-hydrogen) atoms. The van der Waals surface area contributed by atoms with Gasteiger partial charge in [0.25, 0.3) is 0 Å². The number of carboxylic acids is 1. The molecule has 2 aromatic heterocycles. The van der Waals surface area contributed by atoms with Crippen LogP contribution in [0.5, 0.6) is 6.01 Å². The van der Waals surface area contributed by atoms with Crippen LogP contribution in [0.15, 0.2) is 30.6 Å². The van der Waals surface area contributed by atoms with Crippen molar-refractivity contribution in [1.29, 1.82) is 0 Å². The fourth-order valence-electron chi connectivity index (χ4n) is 2.38. The Morgan fingerprint density at radius 1 is 1.28 bits per heavy atom. The van der Waals surface area contributed by atoms with Gasteiger partial charge in [-0.15, -0.1) is 0 Å². The van der Waals surface area contributed by atoms with Gasteiger partial charge >= 0.3 is 12.0 Å². The molecule has 0 unspecified atom stereocenters. The van der Waals surface area contributed by atoms with Crippen LogP contribution in [0.25, 0.3) is 11.2 Å². The lowest BCUT2D eigenvalue weighted by Gasteiger charge is -2.07. The maximum atomic E-state index is 10.9. The third-order valence-electron chi connectivity index (χ3n) is 3.75. The SMILES string of the molecule is CCCCOc1nc(N)c2ncn(Cc3ccc(C(=O)O)cc3)c2n1. The highest BCUT2D eigenvalue weighted by molar-refractivity contribution is 5.87. The molecule has 0 spiro atoms. The fraction of sp³-hybridized carbons (Fsp3) is 0.294. The van der Waals surface area contributed by atoms with E-state index in [4.69, 9.17) is 15.6 Å². The number of aromatic carboxylic acids is 1. The van der Waals surface area contributed by atoms with Gasteiger partial charge in [0.2, 0.25) is 0 Å². The average Bonchev–Trinajstić information content (AvgIpc) is 2.99. The molecule has 0 atom stereocenters. The number of nitrogen functional groups attached to an aromatic ring is 1. The molecular weight excluding hydrogens is 322 g/mol. The Hall–Kier alpha value is -3.16. The molecule has 3 rings (SSSR count). The van der Waals surface area contributed by atoms with E-state index in [1.54, 1.807) is 30.6 Å². The maximum Gasteiger partial charge on any atom is 0.335 e. The Morgan fingerprint density at radius 2 is 2.04 bits per heavy atom. The normalized spacial score (nSPS) is 10.9. The van der Waals surface area contributed by atoms with E-state index in [1.807, 2.05) is 4.57 Å². The number of ether oxygens (including phenoxy) is 1. The molecule has 8 heteroatoms. The van der Waals surface area contributed by atoms with Crippen molar-refractivity contribution in [3.63, 3.8) is 0 Å². The van der Waals surface area contributed by atoms with Crippen molar-refractivity contribution in [2.45, 2.75) is 26.3 Å². The van der Waals surface area contributed by atoms with Gasteiger partial charge in [0.15, 0.2) is 17.0 Å². The summed E-state index contributed by atoms with van der Waals surface area (Å²) in [6.07, 6.45) is 3.56. The van der Waals surface area contributed by atoms with Crippen LogP contribution in [0.4, 0.5) is 5.82 Å². The van der Waals surface area contributed by atoms with E-state index in [0.29, 0.717) is 24.3 Å². The smallest absolute Gasteiger partial charge is 0.335 e. The Balaban J connectivity index is 1.86. The quantitative estimate of drug-likeness (QED) is 0.633. The summed E-state index contributed by atoms with van der Waals surface area (Å²) in [6.45, 7) is 3.10. The van der Waals surface area contributed by atoms with E-state index in [2.05, 4.69) is 21.9 Å². The minimum atomic E-state index is -0.950. The summed E-state index contributed by atoms with van der Waals surface area (Å²) in [7, 11) is 0. The summed E-state index contributed by atoms with van der Waals surface area (Å²) in [4.78, 5) is 23.7. The third-order valence-corrected chi connectivity index (χ3v) is 3.75. The second-order valence-electron chi connectivity index (χ2n) is 5.64. The van der Waals surface area contributed by atoms with Crippen LogP contribution in [-0.4, -0.2) is 37.2 Å². The minimum Gasteiger partial charge on any atom is -0.478 e. The largest absolute Gasteiger partial charge is 0.478 e. The lowest BCUT2D eigenvalue weighted by Crippen LogP contribution is -2.06. The number of anilines is 1. The summed E-state index contributed by atoms with van der Waals surface area (Å²) in [5.74, 6) is -0.675. The highest BCUT2D eigenvalue weighted by atomic mass is 16.5. The lowest BCUT2D eigenvalue weighted by atomic mass is 10.1. The Morgan fingerprint density at radius 3 is 2.72 bits per heavy atom. The van der Waals surface area contributed by atoms with Crippen LogP contribution in [0.1, 0.15) is 35.7 Å². The van der Waals surface area contributed by atoms with Crippen molar-refractivity contribution in [3.05, 3.63) is 41.7 Å². The number of imidazole rings is 1. The summed E-state index contributed by atoms with van der Waals surface area (Å²) >= 11 is 0. The number of benzene rings is 1. The molecule has 0 saturated carbocycles. The fourth-order valence-corrected chi connectivity index (χ4v) is 2.38. The molecular formula is C17H19N5O3. The number of hydrogen-bond donors (Lipinski definition) is 2. The number of unbranched alkanes of at least 4 members (excludes halogenated alkanes) is 1. The van der Waals surface area contributed by atoms with E-state index in [-0.39, 0.29) is 17.4 Å². The Labute approximate surface area is 144 Å². The standard InChI is InChI=1S/C17H19N5O3/c1-2-3-8-25-17-20-14(18)13-15(21-17)22(10-19-13)9-11-4-6-12(7-5-11)16(23)24/h4-7,10H,2-3,8-9H2,1H3,(H,23,24)(H2,18,20,21). The van der Waals surface area contributed by atoms with Crippen LogP contribution in [0.3, 0.4) is 0 Å². The molecule has 0 amide bonds. The van der Waals surface area contributed by atoms with Crippen molar-refractivity contribution in [2.75, 3.05) is 12.3 Å². The van der Waals surface area contributed by atoms with E-state index in [0.717, 1.165) is 18.4 Å². The summed E-state index contributed by atoms with van der Waals surface area (Å²) in [5, 5.41) is 8.96. The topological polar surface area (TPSA) is 116 Å². The highest BCUT2D eigenvalue weighted by Gasteiger charge is 2.12. The second-order valence-corrected chi connectivity index (χ2v) is 5.64. The molecule has 0 saturated heterocycles. The van der Waals surface area contributed by atoms with Gasteiger partial charge in [-0.1, -0.05) is 25.5 Å². The van der Waals surface area contributed by atoms with Crippen LogP contribution in [0, 0.1) is 0 Å². The first-order valence-electron chi connectivity index (χ1n) is 8.02. The molecule has 0 bridgehead atoms. The number of rotatable bonds is 7. The lowest BCUT2D eigenvalue weighted by molar-refractivity contribution is 0.0697. The van der Waals surface area contributed by atoms with E-state index >= 15 is 0 Å². The van der Waals surface area contributed by atoms with Gasteiger partial charge in [-0.2, -0.15) is 9.97 Å².